The minimum Gasteiger partial charge on any atom is -0.508 e. The van der Waals surface area contributed by atoms with Gasteiger partial charge in [-0.2, -0.15) is 0 Å². The topological polar surface area (TPSA) is 55.8 Å². The van der Waals surface area contributed by atoms with E-state index in [1.807, 2.05) is 24.3 Å². The molecule has 4 heteroatoms. The number of carbonyl (C=O) groups excluding carboxylic acids is 1. The van der Waals surface area contributed by atoms with Crippen molar-refractivity contribution in [2.24, 2.45) is 0 Å². The van der Waals surface area contributed by atoms with Crippen LogP contribution in [0.3, 0.4) is 0 Å². The van der Waals surface area contributed by atoms with E-state index in [9.17, 15) is 9.90 Å². The van der Waals surface area contributed by atoms with Crippen molar-refractivity contribution in [3.05, 3.63) is 59.4 Å². The lowest BCUT2D eigenvalue weighted by Gasteiger charge is -2.01. The van der Waals surface area contributed by atoms with E-state index in [0.717, 1.165) is 5.56 Å². The molecule has 20 heavy (non-hydrogen) atoms. The molecule has 0 amide bonds. The van der Waals surface area contributed by atoms with Crippen LogP contribution >= 0.6 is 0 Å². The molecule has 0 radical (unpaired) electrons. The van der Waals surface area contributed by atoms with Crippen LogP contribution in [0.1, 0.15) is 15.9 Å². The molecule has 0 fully saturated rings. The SMILES string of the molecule is COc1cccc(/C=C2/Oc3cc(O)ccc3C2=O)c1. The number of phenols is 1. The van der Waals surface area contributed by atoms with Crippen LogP contribution in [0.25, 0.3) is 6.08 Å². The lowest BCUT2D eigenvalue weighted by molar-refractivity contribution is 0.101. The Kier molecular flexibility index (Phi) is 2.91. The quantitative estimate of drug-likeness (QED) is 0.851. The molecule has 0 saturated carbocycles. The number of phenolic OH excluding ortho intramolecular Hbond substituents is 1. The zero-order valence-electron chi connectivity index (χ0n) is 10.8. The van der Waals surface area contributed by atoms with Crippen LogP contribution in [0.5, 0.6) is 17.2 Å². The van der Waals surface area contributed by atoms with Gasteiger partial charge in [0, 0.05) is 6.07 Å². The van der Waals surface area contributed by atoms with Crippen molar-refractivity contribution in [3.63, 3.8) is 0 Å². The molecule has 0 spiro atoms. The van der Waals surface area contributed by atoms with Gasteiger partial charge in [-0.15, -0.1) is 0 Å². The van der Waals surface area contributed by atoms with Crippen molar-refractivity contribution in [2.75, 3.05) is 7.11 Å². The lowest BCUT2D eigenvalue weighted by Crippen LogP contribution is -1.98. The first-order valence-corrected chi connectivity index (χ1v) is 6.09. The Bertz CT molecular complexity index is 716. The highest BCUT2D eigenvalue weighted by Gasteiger charge is 2.27. The number of ketones is 1. The molecule has 100 valence electrons. The molecule has 4 nitrogen and oxygen atoms in total. The van der Waals surface area contributed by atoms with E-state index in [1.165, 1.54) is 12.1 Å². The number of fused-ring (bicyclic) bond motifs is 1. The summed E-state index contributed by atoms with van der Waals surface area (Å²) >= 11 is 0. The maximum absolute atomic E-state index is 12.2. The molecule has 1 N–H and O–H groups in total. The van der Waals surface area contributed by atoms with Crippen LogP contribution in [0.15, 0.2) is 48.2 Å². The van der Waals surface area contributed by atoms with Gasteiger partial charge in [-0.1, -0.05) is 12.1 Å². The fourth-order valence-corrected chi connectivity index (χ4v) is 2.06. The highest BCUT2D eigenvalue weighted by molar-refractivity contribution is 6.14. The first-order chi connectivity index (χ1) is 9.67. The number of hydrogen-bond acceptors (Lipinski definition) is 4. The third-order valence-electron chi connectivity index (χ3n) is 3.05. The van der Waals surface area contributed by atoms with Crippen molar-refractivity contribution < 1.29 is 19.4 Å². The number of aromatic hydroxyl groups is 1. The number of ether oxygens (including phenoxy) is 2. The predicted molar refractivity (Wildman–Crippen MR) is 74.0 cm³/mol. The van der Waals surface area contributed by atoms with Gasteiger partial charge < -0.3 is 14.6 Å². The molecule has 1 aliphatic heterocycles. The number of Topliss-reactive ketones (excluding diaryl/α,β-unsaturated/α-hetero) is 1. The minimum absolute atomic E-state index is 0.0687. The normalized spacial score (nSPS) is 15.1. The van der Waals surface area contributed by atoms with E-state index >= 15 is 0 Å². The number of allylic oxidation sites excluding steroid dienone is 1. The molecule has 0 unspecified atom stereocenters. The lowest BCUT2D eigenvalue weighted by atomic mass is 10.1. The number of rotatable bonds is 2. The van der Waals surface area contributed by atoms with Gasteiger partial charge in [-0.3, -0.25) is 4.79 Å². The predicted octanol–water partition coefficient (Wildman–Crippen LogP) is 3.02. The van der Waals surface area contributed by atoms with Crippen LogP contribution in [0, 0.1) is 0 Å². The van der Waals surface area contributed by atoms with Gasteiger partial charge in [0.1, 0.15) is 17.2 Å². The summed E-state index contributed by atoms with van der Waals surface area (Å²) in [5, 5.41) is 9.40. The van der Waals surface area contributed by atoms with E-state index in [-0.39, 0.29) is 17.3 Å². The maximum Gasteiger partial charge on any atom is 0.231 e. The first kappa shape index (κ1) is 12.3. The fraction of sp³-hybridized carbons (Fsp3) is 0.0625. The van der Waals surface area contributed by atoms with Crippen LogP contribution in [0.4, 0.5) is 0 Å². The Morgan fingerprint density at radius 2 is 2.05 bits per heavy atom. The Morgan fingerprint density at radius 1 is 1.20 bits per heavy atom. The first-order valence-electron chi connectivity index (χ1n) is 6.09. The van der Waals surface area contributed by atoms with E-state index in [0.29, 0.717) is 17.1 Å². The molecular formula is C16H12O4. The van der Waals surface area contributed by atoms with Crippen molar-refractivity contribution in [1.29, 1.82) is 0 Å². The highest BCUT2D eigenvalue weighted by atomic mass is 16.5. The van der Waals surface area contributed by atoms with Gasteiger partial charge in [0.25, 0.3) is 0 Å². The van der Waals surface area contributed by atoms with E-state index in [4.69, 9.17) is 9.47 Å². The Labute approximate surface area is 115 Å². The number of methoxy groups -OCH3 is 1. The number of hydrogen-bond donors (Lipinski definition) is 1. The molecular weight excluding hydrogens is 256 g/mol. The van der Waals surface area contributed by atoms with E-state index in [1.54, 1.807) is 19.3 Å². The molecule has 0 aliphatic carbocycles. The zero-order valence-corrected chi connectivity index (χ0v) is 10.8. The largest absolute Gasteiger partial charge is 0.508 e. The molecule has 0 saturated heterocycles. The molecule has 2 aromatic rings. The molecule has 2 aromatic carbocycles. The van der Waals surface area contributed by atoms with Crippen LogP contribution in [-0.2, 0) is 0 Å². The zero-order chi connectivity index (χ0) is 14.1. The summed E-state index contributed by atoms with van der Waals surface area (Å²) in [5.41, 5.74) is 1.27. The summed E-state index contributed by atoms with van der Waals surface area (Å²) < 4.78 is 10.6. The third-order valence-corrected chi connectivity index (χ3v) is 3.05. The monoisotopic (exact) mass is 268 g/mol. The summed E-state index contributed by atoms with van der Waals surface area (Å²) in [6.07, 6.45) is 1.65. The van der Waals surface area contributed by atoms with Gasteiger partial charge in [0.15, 0.2) is 5.76 Å². The fourth-order valence-electron chi connectivity index (χ4n) is 2.06. The van der Waals surface area contributed by atoms with Crippen molar-refractivity contribution in [2.45, 2.75) is 0 Å². The molecule has 0 atom stereocenters. The molecule has 0 aromatic heterocycles. The summed E-state index contributed by atoms with van der Waals surface area (Å²) in [6.45, 7) is 0. The maximum atomic E-state index is 12.2. The smallest absolute Gasteiger partial charge is 0.231 e. The molecule has 1 heterocycles. The molecule has 0 bridgehead atoms. The van der Waals surface area contributed by atoms with Gasteiger partial charge >= 0.3 is 0 Å². The van der Waals surface area contributed by atoms with Crippen molar-refractivity contribution in [3.8, 4) is 17.2 Å². The van der Waals surface area contributed by atoms with Gasteiger partial charge in [-0.05, 0) is 35.9 Å². The van der Waals surface area contributed by atoms with E-state index in [2.05, 4.69) is 0 Å². The number of carbonyl (C=O) groups is 1. The summed E-state index contributed by atoms with van der Waals surface area (Å²) in [4.78, 5) is 12.2. The second kappa shape index (κ2) is 4.74. The Morgan fingerprint density at radius 3 is 2.85 bits per heavy atom. The Hall–Kier alpha value is -2.75. The third kappa shape index (κ3) is 2.12. The van der Waals surface area contributed by atoms with Crippen molar-refractivity contribution >= 4 is 11.9 Å². The standard InChI is InChI=1S/C16H12O4/c1-19-12-4-2-3-10(7-12)8-15-16(18)13-6-5-11(17)9-14(13)20-15/h2-9,17H,1H3/b15-8+. The number of benzene rings is 2. The minimum atomic E-state index is -0.192. The second-order valence-corrected chi connectivity index (χ2v) is 4.40. The average molecular weight is 268 g/mol. The van der Waals surface area contributed by atoms with Crippen LogP contribution in [-0.4, -0.2) is 18.0 Å². The van der Waals surface area contributed by atoms with Crippen LogP contribution in [0.2, 0.25) is 0 Å². The second-order valence-electron chi connectivity index (χ2n) is 4.40. The van der Waals surface area contributed by atoms with E-state index < -0.39 is 0 Å². The Balaban J connectivity index is 1.96. The van der Waals surface area contributed by atoms with Crippen LogP contribution < -0.4 is 9.47 Å². The highest BCUT2D eigenvalue weighted by Crippen LogP contribution is 2.34. The van der Waals surface area contributed by atoms with Gasteiger partial charge in [0.2, 0.25) is 5.78 Å². The summed E-state index contributed by atoms with van der Waals surface area (Å²) in [6, 6.07) is 11.8. The molecule has 1 aliphatic rings. The van der Waals surface area contributed by atoms with Crippen molar-refractivity contribution in [1.82, 2.24) is 0 Å². The van der Waals surface area contributed by atoms with Gasteiger partial charge in [0.05, 0.1) is 12.7 Å². The summed E-state index contributed by atoms with van der Waals surface area (Å²) in [5.74, 6) is 1.20. The average Bonchev–Trinajstić information content (AvgIpc) is 2.75. The summed E-state index contributed by atoms with van der Waals surface area (Å²) in [7, 11) is 1.59. The van der Waals surface area contributed by atoms with Gasteiger partial charge in [-0.25, -0.2) is 0 Å². The molecule has 3 rings (SSSR count).